The van der Waals surface area contributed by atoms with Crippen molar-refractivity contribution in [1.82, 2.24) is 0 Å². The van der Waals surface area contributed by atoms with Crippen LogP contribution in [0.4, 0.5) is 0 Å². The molecule has 0 amide bonds. The third kappa shape index (κ3) is 6.56. The molecule has 0 saturated heterocycles. The van der Waals surface area contributed by atoms with Gasteiger partial charge in [0.15, 0.2) is 0 Å². The van der Waals surface area contributed by atoms with E-state index in [1.807, 2.05) is 18.2 Å². The molecule has 0 saturated carbocycles. The predicted octanol–water partition coefficient (Wildman–Crippen LogP) is -7.32. The average molecular weight is 255 g/mol. The summed E-state index contributed by atoms with van der Waals surface area (Å²) in [6, 6.07) is 10.2. The van der Waals surface area contributed by atoms with Crippen LogP contribution in [-0.2, 0) is 34.6 Å². The summed E-state index contributed by atoms with van der Waals surface area (Å²) in [6.07, 6.45) is 0. The Balaban J connectivity index is -0.000000270. The van der Waals surface area contributed by atoms with Crippen LogP contribution in [0.2, 0.25) is 0 Å². The van der Waals surface area contributed by atoms with Gasteiger partial charge in [0.1, 0.15) is 0 Å². The van der Waals surface area contributed by atoms with E-state index in [9.17, 15) is 0 Å². The summed E-state index contributed by atoms with van der Waals surface area (Å²) in [4.78, 5) is 0. The Morgan fingerprint density at radius 1 is 1.00 bits per heavy atom. The summed E-state index contributed by atoms with van der Waals surface area (Å²) in [5.41, 5.74) is 1.24. The van der Waals surface area contributed by atoms with Crippen LogP contribution in [0.15, 0.2) is 30.3 Å². The first-order valence-electron chi connectivity index (χ1n) is 2.76. The van der Waals surface area contributed by atoms with E-state index < -0.39 is 0 Å². The molecule has 0 aliphatic heterocycles. The Morgan fingerprint density at radius 2 is 1.50 bits per heavy atom. The SMILES string of the molecule is [F-].[F-].[F-].[Zr+3][O]Cc1ccccc1. The quantitative estimate of drug-likeness (QED) is 0.510. The van der Waals surface area contributed by atoms with Gasteiger partial charge >= 0.3 is 70.5 Å². The van der Waals surface area contributed by atoms with Crippen molar-refractivity contribution in [2.45, 2.75) is 6.61 Å². The van der Waals surface area contributed by atoms with Gasteiger partial charge in [-0.1, -0.05) is 0 Å². The molecule has 0 aliphatic rings. The summed E-state index contributed by atoms with van der Waals surface area (Å²) < 4.78 is 5.02. The monoisotopic (exact) mass is 254 g/mol. The van der Waals surface area contributed by atoms with Crippen molar-refractivity contribution >= 4 is 0 Å². The first-order valence-corrected chi connectivity index (χ1v) is 3.76. The van der Waals surface area contributed by atoms with E-state index in [1.165, 1.54) is 5.56 Å². The van der Waals surface area contributed by atoms with E-state index in [0.717, 1.165) is 31.8 Å². The summed E-state index contributed by atoms with van der Waals surface area (Å²) in [7, 11) is 0. The molecular formula is C7H7F3OZr. The molecule has 12 heavy (non-hydrogen) atoms. The zero-order valence-electron chi connectivity index (χ0n) is 6.14. The third-order valence-corrected chi connectivity index (χ3v) is 1.44. The molecule has 5 heteroatoms. The van der Waals surface area contributed by atoms with E-state index in [1.54, 1.807) is 0 Å². The Labute approximate surface area is 84.7 Å². The number of rotatable bonds is 2. The first kappa shape index (κ1) is 17.8. The van der Waals surface area contributed by atoms with E-state index in [-0.39, 0.29) is 14.1 Å². The van der Waals surface area contributed by atoms with Crippen LogP contribution in [0.3, 0.4) is 0 Å². The van der Waals surface area contributed by atoms with Crippen molar-refractivity contribution in [1.29, 1.82) is 0 Å². The minimum absolute atomic E-state index is 0. The average Bonchev–Trinajstić information content (AvgIpc) is 1.91. The Morgan fingerprint density at radius 3 is 1.92 bits per heavy atom. The van der Waals surface area contributed by atoms with Crippen molar-refractivity contribution in [3.63, 3.8) is 0 Å². The normalized spacial score (nSPS) is 7.17. The molecule has 1 aromatic rings. The second-order valence-corrected chi connectivity index (χ2v) is 2.48. The zero-order valence-corrected chi connectivity index (χ0v) is 8.59. The number of hydrogen-bond donors (Lipinski definition) is 0. The van der Waals surface area contributed by atoms with Gasteiger partial charge in [0.25, 0.3) is 0 Å². The second kappa shape index (κ2) is 10.9. The topological polar surface area (TPSA) is 9.23 Å². The maximum atomic E-state index is 5.02. The van der Waals surface area contributed by atoms with Gasteiger partial charge in [0.05, 0.1) is 0 Å². The van der Waals surface area contributed by atoms with E-state index in [2.05, 4.69) is 12.1 Å². The molecule has 0 aliphatic carbocycles. The molecule has 1 rings (SSSR count). The molecule has 0 radical (unpaired) electrons. The maximum absolute atomic E-state index is 5.02. The van der Waals surface area contributed by atoms with Crippen molar-refractivity contribution in [3.05, 3.63) is 35.9 Å². The molecule has 0 fully saturated rings. The minimum atomic E-state index is 0. The Bertz CT molecular complexity index is 172. The van der Waals surface area contributed by atoms with Crippen molar-refractivity contribution in [3.8, 4) is 0 Å². The van der Waals surface area contributed by atoms with Crippen LogP contribution in [0.25, 0.3) is 0 Å². The molecule has 0 N–H and O–H groups in total. The standard InChI is InChI=1S/C7H7O.3FH.Zr/c8-6-7-4-2-1-3-5-7;;;;/h1-5H,6H2;3*1H;/q-1;;;;+4/p-3. The van der Waals surface area contributed by atoms with Gasteiger partial charge in [-0.25, -0.2) is 0 Å². The molecule has 66 valence electrons. The van der Waals surface area contributed by atoms with E-state index in [0.29, 0.717) is 0 Å². The number of halogens is 3. The molecule has 0 atom stereocenters. The van der Waals surface area contributed by atoms with Crippen LogP contribution in [0, 0.1) is 0 Å². The Hall–Kier alpha value is -0.147. The summed E-state index contributed by atoms with van der Waals surface area (Å²) in [6.45, 7) is 0.749. The van der Waals surface area contributed by atoms with Gasteiger partial charge in [-0.2, -0.15) is 0 Å². The zero-order chi connectivity index (χ0) is 6.53. The van der Waals surface area contributed by atoms with Gasteiger partial charge in [0.2, 0.25) is 0 Å². The van der Waals surface area contributed by atoms with Gasteiger partial charge < -0.3 is 14.1 Å². The van der Waals surface area contributed by atoms with Crippen LogP contribution < -0.4 is 14.1 Å². The fourth-order valence-electron chi connectivity index (χ4n) is 0.658. The number of benzene rings is 1. The molecule has 0 bridgehead atoms. The summed E-state index contributed by atoms with van der Waals surface area (Å²) >= 11 is 1.13. The first-order chi connectivity index (χ1) is 4.43. The van der Waals surface area contributed by atoms with Gasteiger partial charge in [-0.3, -0.25) is 0 Å². The summed E-state index contributed by atoms with van der Waals surface area (Å²) in [5, 5.41) is 0. The third-order valence-electron chi connectivity index (χ3n) is 1.08. The molecular weight excluding hydrogens is 248 g/mol. The number of hydrogen-bond acceptors (Lipinski definition) is 1. The molecule has 0 aromatic heterocycles. The van der Waals surface area contributed by atoms with E-state index >= 15 is 0 Å². The van der Waals surface area contributed by atoms with E-state index in [4.69, 9.17) is 2.81 Å². The van der Waals surface area contributed by atoms with Gasteiger partial charge in [-0.05, 0) is 0 Å². The molecule has 1 aromatic carbocycles. The second-order valence-electron chi connectivity index (χ2n) is 1.77. The van der Waals surface area contributed by atoms with Crippen LogP contribution in [0.5, 0.6) is 0 Å². The predicted molar refractivity (Wildman–Crippen MR) is 31.2 cm³/mol. The molecule has 0 unspecified atom stereocenters. The van der Waals surface area contributed by atoms with Gasteiger partial charge in [0, 0.05) is 0 Å². The fraction of sp³-hybridized carbons (Fsp3) is 0.143. The van der Waals surface area contributed by atoms with Crippen LogP contribution in [-0.4, -0.2) is 0 Å². The molecule has 1 nitrogen and oxygen atoms in total. The van der Waals surface area contributed by atoms with Crippen LogP contribution in [0.1, 0.15) is 5.56 Å². The fourth-order valence-corrected chi connectivity index (χ4v) is 1.07. The summed E-state index contributed by atoms with van der Waals surface area (Å²) in [5.74, 6) is 0. The molecule has 0 spiro atoms. The molecule has 0 heterocycles. The Kier molecular flexibility index (Phi) is 16.1. The van der Waals surface area contributed by atoms with Crippen molar-refractivity contribution in [2.24, 2.45) is 0 Å². The van der Waals surface area contributed by atoms with Gasteiger partial charge in [-0.15, -0.1) is 0 Å². The van der Waals surface area contributed by atoms with Crippen molar-refractivity contribution < 1.29 is 42.1 Å². The van der Waals surface area contributed by atoms with Crippen LogP contribution >= 0.6 is 0 Å². The van der Waals surface area contributed by atoms with Crippen molar-refractivity contribution in [2.75, 3.05) is 0 Å².